The zero-order chi connectivity index (χ0) is 28.8. The van der Waals surface area contributed by atoms with E-state index in [1.54, 1.807) is 13.8 Å². The Labute approximate surface area is 227 Å². The number of hydrogen-bond acceptors (Lipinski definition) is 6. The summed E-state index contributed by atoms with van der Waals surface area (Å²) in [5.41, 5.74) is -4.24. The molecule has 4 rings (SSSR count). The minimum atomic E-state index is -5.19. The van der Waals surface area contributed by atoms with E-state index in [9.17, 15) is 27.5 Å². The number of carbonyl (C=O) groups is 1. The second-order valence-electron chi connectivity index (χ2n) is 9.89. The van der Waals surface area contributed by atoms with E-state index in [1.807, 2.05) is 0 Å². The molecular formula is C28H26ClF4NO5. The van der Waals surface area contributed by atoms with E-state index in [-0.39, 0.29) is 39.9 Å². The molecule has 1 aromatic heterocycles. The molecule has 0 amide bonds. The van der Waals surface area contributed by atoms with E-state index in [0.29, 0.717) is 11.3 Å². The van der Waals surface area contributed by atoms with Crippen LogP contribution in [0.5, 0.6) is 17.2 Å². The molecule has 1 atom stereocenters. The fourth-order valence-electron chi connectivity index (χ4n) is 4.43. The van der Waals surface area contributed by atoms with E-state index >= 15 is 0 Å². The predicted octanol–water partition coefficient (Wildman–Crippen LogP) is 6.64. The van der Waals surface area contributed by atoms with Crippen LogP contribution in [0.3, 0.4) is 0 Å². The van der Waals surface area contributed by atoms with Gasteiger partial charge in [-0.15, -0.1) is 0 Å². The third kappa shape index (κ3) is 5.27. The summed E-state index contributed by atoms with van der Waals surface area (Å²) in [6.45, 7) is 3.70. The molecule has 11 heteroatoms. The van der Waals surface area contributed by atoms with Crippen LogP contribution in [0.2, 0.25) is 5.02 Å². The maximum absolute atomic E-state index is 14.5. The molecule has 0 saturated carbocycles. The lowest BCUT2D eigenvalue weighted by Gasteiger charge is -2.31. The number of ketones is 1. The Kier molecular flexibility index (Phi) is 7.57. The molecule has 3 aromatic rings. The number of methoxy groups -OCH3 is 2. The molecule has 2 aromatic carbocycles. The van der Waals surface area contributed by atoms with Crippen LogP contribution < -0.4 is 14.2 Å². The maximum atomic E-state index is 14.5. The first-order valence-corrected chi connectivity index (χ1v) is 12.3. The molecule has 0 bridgehead atoms. The summed E-state index contributed by atoms with van der Waals surface area (Å²) in [5, 5.41) is 10.9. The van der Waals surface area contributed by atoms with Crippen molar-refractivity contribution >= 4 is 17.4 Å². The fraction of sp³-hybridized carbons (Fsp3) is 0.357. The van der Waals surface area contributed by atoms with E-state index in [0.717, 1.165) is 12.1 Å². The van der Waals surface area contributed by atoms with E-state index < -0.39 is 47.3 Å². The van der Waals surface area contributed by atoms with Crippen molar-refractivity contribution < 1.29 is 41.7 Å². The lowest BCUT2D eigenvalue weighted by atomic mass is 9.83. The number of aromatic nitrogens is 1. The third-order valence-corrected chi connectivity index (χ3v) is 7.07. The van der Waals surface area contributed by atoms with E-state index in [4.69, 9.17) is 25.8 Å². The van der Waals surface area contributed by atoms with Crippen LogP contribution in [0.15, 0.2) is 42.5 Å². The van der Waals surface area contributed by atoms with Gasteiger partial charge in [-0.05, 0) is 48.9 Å². The number of carbonyl (C=O) groups excluding carboxylic acids is 1. The van der Waals surface area contributed by atoms with Crippen molar-refractivity contribution in [1.29, 1.82) is 0 Å². The highest BCUT2D eigenvalue weighted by Crippen LogP contribution is 2.49. The highest BCUT2D eigenvalue weighted by Gasteiger charge is 2.56. The minimum Gasteiger partial charge on any atom is -0.493 e. The number of hydrogen-bond donors (Lipinski definition) is 1. The Morgan fingerprint density at radius 1 is 1.10 bits per heavy atom. The van der Waals surface area contributed by atoms with Gasteiger partial charge in [-0.3, -0.25) is 4.79 Å². The third-order valence-electron chi connectivity index (χ3n) is 6.78. The monoisotopic (exact) mass is 567 g/mol. The van der Waals surface area contributed by atoms with Crippen molar-refractivity contribution in [2.45, 2.75) is 43.9 Å². The van der Waals surface area contributed by atoms with Gasteiger partial charge in [0.25, 0.3) is 0 Å². The summed E-state index contributed by atoms with van der Waals surface area (Å²) in [5.74, 6) is -0.553. The number of Topliss-reactive ketones (excluding diaryl/α,β-unsaturated/α-hetero) is 1. The first-order valence-electron chi connectivity index (χ1n) is 11.9. The Balaban J connectivity index is 1.78. The second kappa shape index (κ2) is 10.3. The number of pyridine rings is 1. The number of alkyl halides is 3. The van der Waals surface area contributed by atoms with Crippen LogP contribution in [-0.4, -0.2) is 42.9 Å². The Bertz CT molecular complexity index is 1430. The van der Waals surface area contributed by atoms with Gasteiger partial charge < -0.3 is 19.3 Å². The first kappa shape index (κ1) is 28.6. The van der Waals surface area contributed by atoms with Gasteiger partial charge in [-0.25, -0.2) is 9.37 Å². The molecule has 208 valence electrons. The smallest absolute Gasteiger partial charge is 0.422 e. The zero-order valence-electron chi connectivity index (χ0n) is 21.6. The molecule has 0 saturated heterocycles. The van der Waals surface area contributed by atoms with E-state index in [1.165, 1.54) is 44.6 Å². The predicted molar refractivity (Wildman–Crippen MR) is 136 cm³/mol. The van der Waals surface area contributed by atoms with Gasteiger partial charge in [-0.1, -0.05) is 25.4 Å². The summed E-state index contributed by atoms with van der Waals surface area (Å²) in [4.78, 5) is 17.1. The lowest BCUT2D eigenvalue weighted by molar-refractivity contribution is -0.270. The van der Waals surface area contributed by atoms with Crippen LogP contribution in [0.4, 0.5) is 17.6 Å². The highest BCUT2D eigenvalue weighted by atomic mass is 35.5. The molecule has 6 nitrogen and oxygen atoms in total. The van der Waals surface area contributed by atoms with Gasteiger partial charge in [0.05, 0.1) is 31.5 Å². The average molecular weight is 568 g/mol. The highest BCUT2D eigenvalue weighted by molar-refractivity contribution is 6.31. The zero-order valence-corrected chi connectivity index (χ0v) is 22.3. The topological polar surface area (TPSA) is 77.9 Å². The van der Waals surface area contributed by atoms with Crippen LogP contribution >= 0.6 is 11.6 Å². The summed E-state index contributed by atoms with van der Waals surface area (Å²) >= 11 is 5.93. The Hall–Kier alpha value is -3.37. The minimum absolute atomic E-state index is 0.0242. The molecule has 1 unspecified atom stereocenters. The van der Waals surface area contributed by atoms with Crippen LogP contribution in [0.25, 0.3) is 11.3 Å². The van der Waals surface area contributed by atoms with Crippen LogP contribution in [0, 0.1) is 5.82 Å². The quantitative estimate of drug-likeness (QED) is 0.243. The van der Waals surface area contributed by atoms with Crippen molar-refractivity contribution in [1.82, 2.24) is 4.98 Å². The fourth-order valence-corrected chi connectivity index (χ4v) is 4.61. The van der Waals surface area contributed by atoms with Crippen molar-refractivity contribution in [2.24, 2.45) is 0 Å². The molecule has 2 heterocycles. The van der Waals surface area contributed by atoms with Gasteiger partial charge in [0, 0.05) is 28.5 Å². The standard InChI is InChI=1S/C28H26ClF4NO5/c1-26(2)14-39-25-17(26)13-23(34-24(25)16-5-7-19(30)18(29)11-16)27(36,28(31,32)33)10-9-20(35)15-6-8-21(37-3)22(12-15)38-4/h5-8,11-13,36H,9-10,14H2,1-4H3. The van der Waals surface area contributed by atoms with Gasteiger partial charge in [0.1, 0.15) is 17.3 Å². The summed E-state index contributed by atoms with van der Waals surface area (Å²) in [6, 6.07) is 8.99. The van der Waals surface area contributed by atoms with Crippen molar-refractivity contribution in [3.63, 3.8) is 0 Å². The average Bonchev–Trinajstić information content (AvgIpc) is 3.21. The molecule has 0 radical (unpaired) electrons. The van der Waals surface area contributed by atoms with E-state index in [2.05, 4.69) is 4.98 Å². The van der Waals surface area contributed by atoms with Gasteiger partial charge >= 0.3 is 6.18 Å². The molecule has 1 N–H and O–H groups in total. The Morgan fingerprint density at radius 3 is 2.41 bits per heavy atom. The molecule has 1 aliphatic rings. The molecule has 0 aliphatic carbocycles. The van der Waals surface area contributed by atoms with Crippen LogP contribution in [-0.2, 0) is 11.0 Å². The number of halogens is 5. The molecule has 0 spiro atoms. The summed E-state index contributed by atoms with van der Waals surface area (Å²) in [7, 11) is 2.78. The van der Waals surface area contributed by atoms with Gasteiger partial charge in [0.2, 0.25) is 5.60 Å². The second-order valence-corrected chi connectivity index (χ2v) is 10.3. The van der Waals surface area contributed by atoms with Gasteiger partial charge in [-0.2, -0.15) is 13.2 Å². The molecule has 0 fully saturated rings. The number of benzene rings is 2. The maximum Gasteiger partial charge on any atom is 0.422 e. The first-order chi connectivity index (χ1) is 18.2. The number of nitrogens with zero attached hydrogens (tertiary/aromatic N) is 1. The van der Waals surface area contributed by atoms with Crippen molar-refractivity contribution in [3.8, 4) is 28.5 Å². The largest absolute Gasteiger partial charge is 0.493 e. The SMILES string of the molecule is COc1ccc(C(=O)CCC(O)(c2cc3c(c(-c4ccc(F)c(Cl)c4)n2)OCC3(C)C)C(F)(F)F)cc1OC. The van der Waals surface area contributed by atoms with Crippen molar-refractivity contribution in [3.05, 3.63) is 70.1 Å². The molecule has 39 heavy (non-hydrogen) atoms. The molecular weight excluding hydrogens is 542 g/mol. The summed E-state index contributed by atoms with van der Waals surface area (Å²) < 4.78 is 73.5. The Morgan fingerprint density at radius 2 is 1.79 bits per heavy atom. The number of fused-ring (bicyclic) bond motifs is 1. The van der Waals surface area contributed by atoms with Crippen LogP contribution in [0.1, 0.15) is 48.3 Å². The molecule has 1 aliphatic heterocycles. The van der Waals surface area contributed by atoms with Gasteiger partial charge in [0.15, 0.2) is 17.3 Å². The lowest BCUT2D eigenvalue weighted by Crippen LogP contribution is -2.43. The number of ether oxygens (including phenoxy) is 3. The normalized spacial score (nSPS) is 15.7. The number of aliphatic hydroxyl groups is 1. The summed E-state index contributed by atoms with van der Waals surface area (Å²) in [6.07, 6.45) is -6.84. The number of rotatable bonds is 8. The van der Waals surface area contributed by atoms with Crippen molar-refractivity contribution in [2.75, 3.05) is 20.8 Å².